The van der Waals surface area contributed by atoms with Crippen LogP contribution in [-0.2, 0) is 0 Å². The minimum absolute atomic E-state index is 1.04. The van der Waals surface area contributed by atoms with Crippen LogP contribution in [0.15, 0.2) is 38.7 Å². The maximum atomic E-state index is 4.25. The third-order valence-electron chi connectivity index (χ3n) is 1.59. The van der Waals surface area contributed by atoms with Gasteiger partial charge in [0.2, 0.25) is 0 Å². The minimum atomic E-state index is 1.04. The van der Waals surface area contributed by atoms with Gasteiger partial charge in [0.1, 0.15) is 5.01 Å². The van der Waals surface area contributed by atoms with Crippen LogP contribution in [0, 0.1) is 0 Å². The molecule has 4 heteroatoms. The summed E-state index contributed by atoms with van der Waals surface area (Å²) in [5, 5.41) is 3.02. The van der Waals surface area contributed by atoms with Gasteiger partial charge in [-0.1, -0.05) is 31.9 Å². The van der Waals surface area contributed by atoms with Gasteiger partial charge in [0.25, 0.3) is 0 Å². The van der Waals surface area contributed by atoms with Gasteiger partial charge in [0, 0.05) is 26.1 Å². The van der Waals surface area contributed by atoms with Crippen LogP contribution >= 0.6 is 43.2 Å². The second-order valence-electron chi connectivity index (χ2n) is 2.46. The zero-order valence-electron chi connectivity index (χ0n) is 6.50. The minimum Gasteiger partial charge on any atom is -0.245 e. The van der Waals surface area contributed by atoms with Crippen LogP contribution in [0.2, 0.25) is 0 Å². The van der Waals surface area contributed by atoms with Crippen LogP contribution in [0.3, 0.4) is 0 Å². The van der Waals surface area contributed by atoms with Gasteiger partial charge in [-0.2, -0.15) is 0 Å². The Hall–Kier alpha value is -0.190. The smallest absolute Gasteiger partial charge is 0.124 e. The number of rotatable bonds is 1. The lowest BCUT2D eigenvalue weighted by Crippen LogP contribution is -1.77. The van der Waals surface area contributed by atoms with Crippen LogP contribution in [0.1, 0.15) is 0 Å². The van der Waals surface area contributed by atoms with Gasteiger partial charge >= 0.3 is 0 Å². The van der Waals surface area contributed by atoms with Crippen LogP contribution < -0.4 is 0 Å². The highest BCUT2D eigenvalue weighted by Crippen LogP contribution is 2.31. The highest BCUT2D eigenvalue weighted by Gasteiger charge is 2.04. The van der Waals surface area contributed by atoms with E-state index in [2.05, 4.69) is 36.8 Å². The van der Waals surface area contributed by atoms with E-state index in [-0.39, 0.29) is 0 Å². The molecule has 0 aliphatic carbocycles. The number of benzene rings is 1. The summed E-state index contributed by atoms with van der Waals surface area (Å²) in [6.07, 6.45) is 1.81. The molecular weight excluding hydrogens is 314 g/mol. The lowest BCUT2D eigenvalue weighted by molar-refractivity contribution is 1.40. The molecule has 2 aromatic rings. The maximum Gasteiger partial charge on any atom is 0.124 e. The van der Waals surface area contributed by atoms with Gasteiger partial charge in [-0.15, -0.1) is 11.3 Å². The van der Waals surface area contributed by atoms with Crippen LogP contribution in [0.25, 0.3) is 10.6 Å². The molecule has 0 fully saturated rings. The van der Waals surface area contributed by atoms with E-state index >= 15 is 0 Å². The van der Waals surface area contributed by atoms with Crippen molar-refractivity contribution >= 4 is 43.2 Å². The molecule has 1 heterocycles. The number of hydrogen-bond donors (Lipinski definition) is 0. The van der Waals surface area contributed by atoms with Gasteiger partial charge in [0.15, 0.2) is 0 Å². The zero-order chi connectivity index (χ0) is 9.26. The molecule has 1 aromatic carbocycles. The lowest BCUT2D eigenvalue weighted by atomic mass is 10.2. The standard InChI is InChI=1S/C9H5Br2NS/c10-6-1-2-7(8(11)5-6)9-12-3-4-13-9/h1-5H. The number of thiazole rings is 1. The molecule has 0 N–H and O–H groups in total. The lowest BCUT2D eigenvalue weighted by Gasteiger charge is -2.00. The average molecular weight is 319 g/mol. The van der Waals surface area contributed by atoms with Gasteiger partial charge in [-0.3, -0.25) is 0 Å². The van der Waals surface area contributed by atoms with E-state index in [1.807, 2.05) is 29.8 Å². The SMILES string of the molecule is Brc1ccc(-c2nccs2)c(Br)c1. The van der Waals surface area contributed by atoms with Crippen molar-refractivity contribution in [2.45, 2.75) is 0 Å². The Balaban J connectivity index is 2.53. The summed E-state index contributed by atoms with van der Waals surface area (Å²) in [4.78, 5) is 4.25. The molecule has 1 nitrogen and oxygen atoms in total. The summed E-state index contributed by atoms with van der Waals surface area (Å²) >= 11 is 8.56. The van der Waals surface area contributed by atoms with E-state index in [1.54, 1.807) is 11.3 Å². The van der Waals surface area contributed by atoms with Crippen molar-refractivity contribution in [1.82, 2.24) is 4.98 Å². The molecule has 0 saturated heterocycles. The Bertz CT molecular complexity index is 412. The quantitative estimate of drug-likeness (QED) is 0.762. The third kappa shape index (κ3) is 2.00. The molecule has 0 atom stereocenters. The number of halogens is 2. The Kier molecular flexibility index (Phi) is 2.81. The van der Waals surface area contributed by atoms with Crippen LogP contribution in [0.5, 0.6) is 0 Å². The monoisotopic (exact) mass is 317 g/mol. The van der Waals surface area contributed by atoms with Crippen molar-refractivity contribution in [2.24, 2.45) is 0 Å². The van der Waals surface area contributed by atoms with E-state index < -0.39 is 0 Å². The molecule has 0 aliphatic rings. The van der Waals surface area contributed by atoms with Crippen LogP contribution in [0.4, 0.5) is 0 Å². The highest BCUT2D eigenvalue weighted by atomic mass is 79.9. The second-order valence-corrected chi connectivity index (χ2v) is 5.13. The molecule has 66 valence electrons. The van der Waals surface area contributed by atoms with Crippen molar-refractivity contribution in [3.8, 4) is 10.6 Å². The Morgan fingerprint density at radius 3 is 2.69 bits per heavy atom. The summed E-state index contributed by atoms with van der Waals surface area (Å²) in [6.45, 7) is 0. The first-order chi connectivity index (χ1) is 6.27. The van der Waals surface area contributed by atoms with E-state index in [0.717, 1.165) is 19.5 Å². The normalized spacial score (nSPS) is 10.3. The fourth-order valence-electron chi connectivity index (χ4n) is 1.02. The summed E-state index contributed by atoms with van der Waals surface area (Å²) in [7, 11) is 0. The van der Waals surface area contributed by atoms with E-state index in [1.165, 1.54) is 0 Å². The van der Waals surface area contributed by atoms with Gasteiger partial charge < -0.3 is 0 Å². The van der Waals surface area contributed by atoms with Crippen LogP contribution in [-0.4, -0.2) is 4.98 Å². The molecule has 0 radical (unpaired) electrons. The Morgan fingerprint density at radius 1 is 1.23 bits per heavy atom. The van der Waals surface area contributed by atoms with Crippen molar-refractivity contribution in [3.05, 3.63) is 38.7 Å². The maximum absolute atomic E-state index is 4.25. The van der Waals surface area contributed by atoms with E-state index in [4.69, 9.17) is 0 Å². The Morgan fingerprint density at radius 2 is 2.08 bits per heavy atom. The fraction of sp³-hybridized carbons (Fsp3) is 0. The molecule has 0 bridgehead atoms. The predicted molar refractivity (Wildman–Crippen MR) is 63.0 cm³/mol. The third-order valence-corrected chi connectivity index (χ3v) is 3.55. The number of aromatic nitrogens is 1. The van der Waals surface area contributed by atoms with Crippen molar-refractivity contribution < 1.29 is 0 Å². The topological polar surface area (TPSA) is 12.9 Å². The summed E-state index contributed by atoms with van der Waals surface area (Å²) < 4.78 is 2.14. The summed E-state index contributed by atoms with van der Waals surface area (Å²) in [5.74, 6) is 0. The Labute approximate surface area is 97.1 Å². The average Bonchev–Trinajstić information content (AvgIpc) is 2.56. The van der Waals surface area contributed by atoms with Crippen molar-refractivity contribution in [2.75, 3.05) is 0 Å². The van der Waals surface area contributed by atoms with Gasteiger partial charge in [-0.05, 0) is 18.2 Å². The summed E-state index contributed by atoms with van der Waals surface area (Å²) in [5.41, 5.74) is 1.14. The number of hydrogen-bond acceptors (Lipinski definition) is 2. The molecule has 0 aliphatic heterocycles. The van der Waals surface area contributed by atoms with Gasteiger partial charge in [-0.25, -0.2) is 4.98 Å². The molecule has 2 rings (SSSR count). The molecule has 13 heavy (non-hydrogen) atoms. The van der Waals surface area contributed by atoms with E-state index in [0.29, 0.717) is 0 Å². The highest BCUT2D eigenvalue weighted by molar-refractivity contribution is 9.11. The number of nitrogens with zero attached hydrogens (tertiary/aromatic N) is 1. The zero-order valence-corrected chi connectivity index (χ0v) is 10.5. The first-order valence-electron chi connectivity index (χ1n) is 3.62. The van der Waals surface area contributed by atoms with Crippen molar-refractivity contribution in [3.63, 3.8) is 0 Å². The molecular formula is C9H5Br2NS. The van der Waals surface area contributed by atoms with E-state index in [9.17, 15) is 0 Å². The molecule has 0 saturated carbocycles. The summed E-state index contributed by atoms with van der Waals surface area (Å²) in [6, 6.07) is 6.09. The second kappa shape index (κ2) is 3.90. The molecule has 0 unspecified atom stereocenters. The fourth-order valence-corrected chi connectivity index (χ4v) is 3.06. The predicted octanol–water partition coefficient (Wildman–Crippen LogP) is 4.34. The molecule has 1 aromatic heterocycles. The molecule has 0 amide bonds. The molecule has 0 spiro atoms. The first-order valence-corrected chi connectivity index (χ1v) is 6.09. The van der Waals surface area contributed by atoms with Gasteiger partial charge in [0.05, 0.1) is 0 Å². The largest absolute Gasteiger partial charge is 0.245 e. The van der Waals surface area contributed by atoms with Crippen molar-refractivity contribution in [1.29, 1.82) is 0 Å². The first kappa shape index (κ1) is 9.37.